The smallest absolute Gasteiger partial charge is 0.248 e. The third-order valence-electron chi connectivity index (χ3n) is 6.29. The fourth-order valence-corrected chi connectivity index (χ4v) is 4.73. The number of fused-ring (bicyclic) bond motifs is 1. The molecule has 5 nitrogen and oxygen atoms in total. The molecule has 0 radical (unpaired) electrons. The Morgan fingerprint density at radius 2 is 1.34 bits per heavy atom. The van der Waals surface area contributed by atoms with E-state index in [1.807, 2.05) is 136 Å². The van der Waals surface area contributed by atoms with Gasteiger partial charge < -0.3 is 10.4 Å². The Hall–Kier alpha value is -4.64. The number of para-hydroxylation sites is 2. The molecule has 4 aromatic carbocycles. The number of aromatic nitrogens is 1. The quantitative estimate of drug-likeness (QED) is 0.246. The molecular weight excluding hydrogens is 470 g/mol. The highest BCUT2D eigenvalue weighted by Crippen LogP contribution is 2.39. The van der Waals surface area contributed by atoms with Gasteiger partial charge in [-0.3, -0.25) is 9.36 Å². The second-order valence-electron chi connectivity index (χ2n) is 10.3. The number of aromatic hydroxyl groups is 1. The zero-order valence-corrected chi connectivity index (χ0v) is 21.8. The van der Waals surface area contributed by atoms with E-state index in [9.17, 15) is 9.90 Å². The summed E-state index contributed by atoms with van der Waals surface area (Å²) in [5.41, 5.74) is 3.92. The van der Waals surface area contributed by atoms with Gasteiger partial charge in [0.2, 0.25) is 11.8 Å². The summed E-state index contributed by atoms with van der Waals surface area (Å²) in [7, 11) is 0. The summed E-state index contributed by atoms with van der Waals surface area (Å²) in [5.74, 6) is -0.213. The minimum absolute atomic E-state index is 0.0114. The van der Waals surface area contributed by atoms with Crippen LogP contribution in [0.2, 0.25) is 0 Å². The molecule has 0 saturated carbocycles. The molecule has 190 valence electrons. The number of amides is 1. The van der Waals surface area contributed by atoms with Gasteiger partial charge in [-0.2, -0.15) is 0 Å². The van der Waals surface area contributed by atoms with Crippen LogP contribution >= 0.6 is 0 Å². The van der Waals surface area contributed by atoms with Crippen LogP contribution in [0.4, 0.5) is 5.69 Å². The highest BCUT2D eigenvalue weighted by atomic mass is 16.3. The first-order valence-corrected chi connectivity index (χ1v) is 12.7. The van der Waals surface area contributed by atoms with Crippen LogP contribution in [-0.2, 0) is 4.79 Å². The summed E-state index contributed by atoms with van der Waals surface area (Å²) < 4.78 is 1.73. The van der Waals surface area contributed by atoms with E-state index in [1.165, 1.54) is 0 Å². The lowest BCUT2D eigenvalue weighted by atomic mass is 10.0. The summed E-state index contributed by atoms with van der Waals surface area (Å²) >= 11 is 0. The van der Waals surface area contributed by atoms with Crippen LogP contribution in [0.25, 0.3) is 10.9 Å². The van der Waals surface area contributed by atoms with Gasteiger partial charge >= 0.3 is 0 Å². The Morgan fingerprint density at radius 1 is 0.789 bits per heavy atom. The molecule has 5 rings (SSSR count). The van der Waals surface area contributed by atoms with Crippen LogP contribution in [0, 0.1) is 0 Å². The molecule has 1 unspecified atom stereocenters. The zero-order chi connectivity index (χ0) is 26.7. The Balaban J connectivity index is 1.81. The zero-order valence-electron chi connectivity index (χ0n) is 21.8. The molecule has 0 aliphatic rings. The molecule has 1 amide bonds. The number of benzene rings is 4. The molecule has 0 bridgehead atoms. The predicted octanol–water partition coefficient (Wildman–Crippen LogP) is 7.02. The number of nitrogens with one attached hydrogen (secondary N) is 1. The monoisotopic (exact) mass is 501 g/mol. The second-order valence-corrected chi connectivity index (χ2v) is 10.3. The number of hydrogen-bond acceptors (Lipinski definition) is 3. The molecule has 1 atom stereocenters. The van der Waals surface area contributed by atoms with Crippen molar-refractivity contribution in [1.82, 2.24) is 9.88 Å². The van der Waals surface area contributed by atoms with Crippen molar-refractivity contribution in [3.63, 3.8) is 0 Å². The number of hydrogen-bond donors (Lipinski definition) is 2. The van der Waals surface area contributed by atoms with Gasteiger partial charge in [-0.1, -0.05) is 97.1 Å². The lowest BCUT2D eigenvalue weighted by Crippen LogP contribution is -2.44. The van der Waals surface area contributed by atoms with Gasteiger partial charge in [0.15, 0.2) is 0 Å². The van der Waals surface area contributed by atoms with Crippen LogP contribution in [-0.4, -0.2) is 26.8 Å². The summed E-state index contributed by atoms with van der Waals surface area (Å²) in [6.45, 7) is 5.85. The first-order chi connectivity index (χ1) is 18.3. The molecule has 0 aliphatic carbocycles. The summed E-state index contributed by atoms with van der Waals surface area (Å²) in [4.78, 5) is 18.8. The molecule has 5 heteroatoms. The molecule has 0 spiro atoms. The van der Waals surface area contributed by atoms with Crippen molar-refractivity contribution in [3.8, 4) is 5.88 Å². The highest BCUT2D eigenvalue weighted by molar-refractivity contribution is 6.22. The lowest BCUT2D eigenvalue weighted by molar-refractivity contribution is -0.124. The Labute approximate surface area is 223 Å². The third-order valence-corrected chi connectivity index (χ3v) is 6.29. The van der Waals surface area contributed by atoms with E-state index in [2.05, 4.69) is 5.32 Å². The SMILES string of the molecule is CC(C)(C)NC(=O)C(c1ccccc1)n1c(O)c(C(=Nc2ccccc2)c2ccccc2)c2ccccc21. The number of nitrogens with zero attached hydrogens (tertiary/aromatic N) is 2. The minimum atomic E-state index is -0.789. The topological polar surface area (TPSA) is 66.6 Å². The number of carbonyl (C=O) groups excluding carboxylic acids is 1. The number of aliphatic imine (C=N–C) groups is 1. The first-order valence-electron chi connectivity index (χ1n) is 12.7. The first kappa shape index (κ1) is 25.0. The maximum atomic E-state index is 13.8. The molecule has 0 aliphatic heterocycles. The lowest BCUT2D eigenvalue weighted by Gasteiger charge is -2.27. The fourth-order valence-electron chi connectivity index (χ4n) is 4.73. The Kier molecular flexibility index (Phi) is 6.84. The third kappa shape index (κ3) is 5.09. The standard InChI is InChI=1S/C33H31N3O2/c1-33(2,3)35-31(37)30(24-17-9-5-10-18-24)36-27-22-14-13-21-26(27)28(32(36)38)29(23-15-7-4-8-16-23)34-25-19-11-6-12-20-25/h4-22,30,38H,1-3H3,(H,35,37). The average molecular weight is 502 g/mol. The van der Waals surface area contributed by atoms with Crippen LogP contribution in [0.5, 0.6) is 5.88 Å². The van der Waals surface area contributed by atoms with Gasteiger partial charge in [-0.15, -0.1) is 0 Å². The number of rotatable bonds is 6. The highest BCUT2D eigenvalue weighted by Gasteiger charge is 2.32. The molecule has 0 fully saturated rings. The van der Waals surface area contributed by atoms with Gasteiger partial charge in [0.05, 0.1) is 22.5 Å². The molecule has 38 heavy (non-hydrogen) atoms. The molecule has 0 saturated heterocycles. The molecule has 2 N–H and O–H groups in total. The fraction of sp³-hybridized carbons (Fsp3) is 0.152. The molecule has 5 aromatic rings. The van der Waals surface area contributed by atoms with Crippen molar-refractivity contribution in [2.45, 2.75) is 32.4 Å². The van der Waals surface area contributed by atoms with E-state index in [0.29, 0.717) is 11.3 Å². The average Bonchev–Trinajstić information content (AvgIpc) is 3.20. The van der Waals surface area contributed by atoms with E-state index in [4.69, 9.17) is 4.99 Å². The summed E-state index contributed by atoms with van der Waals surface area (Å²) in [6.07, 6.45) is 0. The van der Waals surface area contributed by atoms with E-state index in [-0.39, 0.29) is 11.8 Å². The van der Waals surface area contributed by atoms with Crippen molar-refractivity contribution in [3.05, 3.63) is 132 Å². The minimum Gasteiger partial charge on any atom is -0.494 e. The second kappa shape index (κ2) is 10.4. The normalized spacial score (nSPS) is 12.9. The van der Waals surface area contributed by atoms with Crippen LogP contribution in [0.3, 0.4) is 0 Å². The van der Waals surface area contributed by atoms with Crippen LogP contribution in [0.1, 0.15) is 43.5 Å². The van der Waals surface area contributed by atoms with Crippen LogP contribution in [0.15, 0.2) is 120 Å². The van der Waals surface area contributed by atoms with E-state index in [0.717, 1.165) is 27.7 Å². The molecular formula is C33H31N3O2. The van der Waals surface area contributed by atoms with Gasteiger partial charge in [-0.25, -0.2) is 4.99 Å². The van der Waals surface area contributed by atoms with E-state index in [1.54, 1.807) is 4.57 Å². The molecule has 1 aromatic heterocycles. The van der Waals surface area contributed by atoms with Crippen LogP contribution < -0.4 is 5.32 Å². The summed E-state index contributed by atoms with van der Waals surface area (Å²) in [5, 5.41) is 15.9. The van der Waals surface area contributed by atoms with Gasteiger partial charge in [0.25, 0.3) is 0 Å². The molecule has 1 heterocycles. The maximum absolute atomic E-state index is 13.8. The van der Waals surface area contributed by atoms with E-state index < -0.39 is 11.6 Å². The maximum Gasteiger partial charge on any atom is 0.248 e. The van der Waals surface area contributed by atoms with E-state index >= 15 is 0 Å². The largest absolute Gasteiger partial charge is 0.494 e. The Bertz CT molecular complexity index is 1580. The summed E-state index contributed by atoms with van der Waals surface area (Å²) in [6, 6.07) is 36.0. The number of carbonyl (C=O) groups is 1. The van der Waals surface area contributed by atoms with Crippen molar-refractivity contribution in [1.29, 1.82) is 0 Å². The van der Waals surface area contributed by atoms with Crippen molar-refractivity contribution in [2.24, 2.45) is 4.99 Å². The van der Waals surface area contributed by atoms with Crippen molar-refractivity contribution in [2.75, 3.05) is 0 Å². The van der Waals surface area contributed by atoms with Gasteiger partial charge in [-0.05, 0) is 44.5 Å². The van der Waals surface area contributed by atoms with Crippen molar-refractivity contribution < 1.29 is 9.90 Å². The predicted molar refractivity (Wildman–Crippen MR) is 154 cm³/mol. The van der Waals surface area contributed by atoms with Gasteiger partial charge in [0, 0.05) is 16.5 Å². The Morgan fingerprint density at radius 3 is 1.97 bits per heavy atom. The van der Waals surface area contributed by atoms with Crippen molar-refractivity contribution >= 4 is 28.2 Å². The van der Waals surface area contributed by atoms with Gasteiger partial charge in [0.1, 0.15) is 6.04 Å².